The van der Waals surface area contributed by atoms with Crippen molar-refractivity contribution in [1.29, 1.82) is 0 Å². The highest BCUT2D eigenvalue weighted by Gasteiger charge is 2.03. The first-order chi connectivity index (χ1) is 8.81. The van der Waals surface area contributed by atoms with Crippen molar-refractivity contribution in [2.45, 2.75) is 19.8 Å². The Bertz CT molecular complexity index is 495. The highest BCUT2D eigenvalue weighted by molar-refractivity contribution is 5.49. The zero-order valence-corrected chi connectivity index (χ0v) is 10.7. The van der Waals surface area contributed by atoms with Crippen LogP contribution < -0.4 is 10.1 Å². The molecule has 0 unspecified atom stereocenters. The fraction of sp³-hybridized carbons (Fsp3) is 0.385. The minimum absolute atomic E-state index is 0.775. The van der Waals surface area contributed by atoms with Crippen LogP contribution in [0.2, 0.25) is 0 Å². The number of nitrogens with one attached hydrogen (secondary N) is 2. The number of hydrogen-bond donors (Lipinski definition) is 2. The van der Waals surface area contributed by atoms with Crippen molar-refractivity contribution in [1.82, 2.24) is 15.2 Å². The SMILES string of the molecule is COc1cccnc1NCCCc1cn[nH]c1C. The molecule has 0 aliphatic rings. The highest BCUT2D eigenvalue weighted by atomic mass is 16.5. The standard InChI is InChI=1S/C13H18N4O/c1-10-11(9-16-17-10)5-3-7-14-13-12(18-2)6-4-8-15-13/h4,6,8-9H,3,5,7H2,1-2H3,(H,14,15)(H,16,17). The summed E-state index contributed by atoms with van der Waals surface area (Å²) in [5.41, 5.74) is 2.41. The molecule has 0 spiro atoms. The Hall–Kier alpha value is -2.04. The number of ether oxygens (including phenoxy) is 1. The third-order valence-corrected chi connectivity index (χ3v) is 2.84. The van der Waals surface area contributed by atoms with E-state index in [1.165, 1.54) is 5.56 Å². The zero-order valence-electron chi connectivity index (χ0n) is 10.7. The molecule has 0 aromatic carbocycles. The fourth-order valence-electron chi connectivity index (χ4n) is 1.80. The Morgan fingerprint density at radius 2 is 2.33 bits per heavy atom. The Morgan fingerprint density at radius 1 is 1.44 bits per heavy atom. The lowest BCUT2D eigenvalue weighted by Gasteiger charge is -2.09. The first-order valence-electron chi connectivity index (χ1n) is 6.03. The largest absolute Gasteiger partial charge is 0.493 e. The van der Waals surface area contributed by atoms with Crippen LogP contribution in [-0.4, -0.2) is 28.8 Å². The summed E-state index contributed by atoms with van der Waals surface area (Å²) in [6.07, 6.45) is 5.67. The Balaban J connectivity index is 1.80. The van der Waals surface area contributed by atoms with Gasteiger partial charge in [-0.3, -0.25) is 5.10 Å². The van der Waals surface area contributed by atoms with Crippen molar-refractivity contribution >= 4 is 5.82 Å². The van der Waals surface area contributed by atoms with Crippen LogP contribution in [0.3, 0.4) is 0 Å². The Kier molecular flexibility index (Phi) is 4.17. The van der Waals surface area contributed by atoms with Crippen LogP contribution in [-0.2, 0) is 6.42 Å². The van der Waals surface area contributed by atoms with Gasteiger partial charge in [0.1, 0.15) is 0 Å². The van der Waals surface area contributed by atoms with Gasteiger partial charge in [-0.2, -0.15) is 5.10 Å². The molecule has 0 saturated carbocycles. The summed E-state index contributed by atoms with van der Waals surface area (Å²) in [7, 11) is 1.65. The number of pyridine rings is 1. The first kappa shape index (κ1) is 12.4. The van der Waals surface area contributed by atoms with Gasteiger partial charge in [0, 0.05) is 18.4 Å². The van der Waals surface area contributed by atoms with Crippen molar-refractivity contribution < 1.29 is 4.74 Å². The summed E-state index contributed by atoms with van der Waals surface area (Å²) in [6.45, 7) is 2.90. The average Bonchev–Trinajstić information content (AvgIpc) is 2.81. The first-order valence-corrected chi connectivity index (χ1v) is 6.03. The van der Waals surface area contributed by atoms with Gasteiger partial charge < -0.3 is 10.1 Å². The van der Waals surface area contributed by atoms with E-state index < -0.39 is 0 Å². The number of H-pyrrole nitrogens is 1. The number of methoxy groups -OCH3 is 1. The van der Waals surface area contributed by atoms with E-state index in [1.807, 2.05) is 25.3 Å². The topological polar surface area (TPSA) is 62.8 Å². The lowest BCUT2D eigenvalue weighted by atomic mass is 10.1. The van der Waals surface area contributed by atoms with Gasteiger partial charge in [0.2, 0.25) is 0 Å². The molecule has 5 heteroatoms. The predicted molar refractivity (Wildman–Crippen MR) is 70.9 cm³/mol. The van der Waals surface area contributed by atoms with E-state index in [4.69, 9.17) is 4.74 Å². The molecule has 18 heavy (non-hydrogen) atoms. The van der Waals surface area contributed by atoms with Crippen molar-refractivity contribution in [3.63, 3.8) is 0 Å². The number of nitrogens with zero attached hydrogens (tertiary/aromatic N) is 2. The molecule has 2 heterocycles. The molecule has 96 valence electrons. The number of rotatable bonds is 6. The third kappa shape index (κ3) is 3.00. The molecule has 0 bridgehead atoms. The molecule has 0 fully saturated rings. The summed E-state index contributed by atoms with van der Waals surface area (Å²) in [4.78, 5) is 4.25. The van der Waals surface area contributed by atoms with Gasteiger partial charge in [0.15, 0.2) is 11.6 Å². The van der Waals surface area contributed by atoms with Gasteiger partial charge in [0.05, 0.1) is 13.3 Å². The second-order valence-corrected chi connectivity index (χ2v) is 4.10. The van der Waals surface area contributed by atoms with Gasteiger partial charge >= 0.3 is 0 Å². The van der Waals surface area contributed by atoms with Crippen molar-refractivity contribution in [3.05, 3.63) is 35.8 Å². The van der Waals surface area contributed by atoms with E-state index in [0.717, 1.165) is 36.6 Å². The van der Waals surface area contributed by atoms with E-state index in [0.29, 0.717) is 0 Å². The summed E-state index contributed by atoms with van der Waals surface area (Å²) in [6, 6.07) is 3.76. The number of hydrogen-bond acceptors (Lipinski definition) is 4. The molecule has 0 amide bonds. The van der Waals surface area contributed by atoms with Crippen LogP contribution in [0.1, 0.15) is 17.7 Å². The van der Waals surface area contributed by atoms with Crippen LogP contribution in [0.4, 0.5) is 5.82 Å². The molecule has 0 atom stereocenters. The van der Waals surface area contributed by atoms with E-state index in [9.17, 15) is 0 Å². The molecule has 0 radical (unpaired) electrons. The van der Waals surface area contributed by atoms with E-state index in [1.54, 1.807) is 13.3 Å². The van der Waals surface area contributed by atoms with Gasteiger partial charge in [-0.25, -0.2) is 4.98 Å². The quantitative estimate of drug-likeness (QED) is 0.767. The molecule has 2 rings (SSSR count). The minimum atomic E-state index is 0.775. The normalized spacial score (nSPS) is 10.3. The third-order valence-electron chi connectivity index (χ3n) is 2.84. The summed E-state index contributed by atoms with van der Waals surface area (Å²) in [5, 5.41) is 10.2. The minimum Gasteiger partial charge on any atom is -0.493 e. The molecule has 2 aromatic rings. The lowest BCUT2D eigenvalue weighted by Crippen LogP contribution is -2.06. The number of aromatic nitrogens is 3. The summed E-state index contributed by atoms with van der Waals surface area (Å²) < 4.78 is 5.23. The van der Waals surface area contributed by atoms with E-state index >= 15 is 0 Å². The highest BCUT2D eigenvalue weighted by Crippen LogP contribution is 2.19. The van der Waals surface area contributed by atoms with Crippen LogP contribution in [0.25, 0.3) is 0 Å². The monoisotopic (exact) mass is 246 g/mol. The van der Waals surface area contributed by atoms with E-state index in [2.05, 4.69) is 20.5 Å². The fourth-order valence-corrected chi connectivity index (χ4v) is 1.80. The smallest absolute Gasteiger partial charge is 0.168 e. The van der Waals surface area contributed by atoms with Gasteiger partial charge in [-0.15, -0.1) is 0 Å². The van der Waals surface area contributed by atoms with Crippen LogP contribution in [0.15, 0.2) is 24.5 Å². The zero-order chi connectivity index (χ0) is 12.8. The molecular formula is C13H18N4O. The van der Waals surface area contributed by atoms with Crippen molar-refractivity contribution in [2.24, 2.45) is 0 Å². The van der Waals surface area contributed by atoms with Crippen molar-refractivity contribution in [2.75, 3.05) is 19.0 Å². The maximum atomic E-state index is 5.23. The average molecular weight is 246 g/mol. The number of aromatic amines is 1. The second kappa shape index (κ2) is 6.05. The number of anilines is 1. The molecule has 5 nitrogen and oxygen atoms in total. The summed E-state index contributed by atoms with van der Waals surface area (Å²) >= 11 is 0. The van der Waals surface area contributed by atoms with Gasteiger partial charge in [-0.1, -0.05) is 0 Å². The van der Waals surface area contributed by atoms with Crippen molar-refractivity contribution in [3.8, 4) is 5.75 Å². The number of aryl methyl sites for hydroxylation is 2. The molecule has 0 aliphatic heterocycles. The van der Waals surface area contributed by atoms with Crippen LogP contribution >= 0.6 is 0 Å². The maximum Gasteiger partial charge on any atom is 0.168 e. The predicted octanol–water partition coefficient (Wildman–Crippen LogP) is 2.17. The summed E-state index contributed by atoms with van der Waals surface area (Å²) in [5.74, 6) is 1.57. The molecule has 0 saturated heterocycles. The lowest BCUT2D eigenvalue weighted by molar-refractivity contribution is 0.415. The molecule has 2 aromatic heterocycles. The van der Waals surface area contributed by atoms with Gasteiger partial charge in [-0.05, 0) is 37.5 Å². The molecular weight excluding hydrogens is 228 g/mol. The van der Waals surface area contributed by atoms with Crippen LogP contribution in [0, 0.1) is 6.92 Å². The maximum absolute atomic E-state index is 5.23. The van der Waals surface area contributed by atoms with Crippen LogP contribution in [0.5, 0.6) is 5.75 Å². The van der Waals surface area contributed by atoms with Gasteiger partial charge in [0.25, 0.3) is 0 Å². The molecule has 2 N–H and O–H groups in total. The second-order valence-electron chi connectivity index (χ2n) is 4.10. The van der Waals surface area contributed by atoms with E-state index in [-0.39, 0.29) is 0 Å². The Morgan fingerprint density at radius 3 is 3.06 bits per heavy atom. The molecule has 0 aliphatic carbocycles. The Labute approximate surface area is 107 Å².